The summed E-state index contributed by atoms with van der Waals surface area (Å²) in [6.45, 7) is 4.44. The number of ether oxygens (including phenoxy) is 1. The average molecular weight is 352 g/mol. The number of rotatable bonds is 7. The summed E-state index contributed by atoms with van der Waals surface area (Å²) >= 11 is 0. The fourth-order valence-corrected chi connectivity index (χ4v) is 2.37. The van der Waals surface area contributed by atoms with Gasteiger partial charge in [-0.15, -0.1) is 0 Å². The number of hydrogen-bond donors (Lipinski definition) is 1. The largest absolute Gasteiger partial charge is 0.494 e. The summed E-state index contributed by atoms with van der Waals surface area (Å²) < 4.78 is 10.6. The first kappa shape index (κ1) is 17.6. The maximum absolute atomic E-state index is 12.1. The van der Waals surface area contributed by atoms with E-state index in [0.29, 0.717) is 30.6 Å². The minimum absolute atomic E-state index is 0.146. The monoisotopic (exact) mass is 352 g/mol. The number of carbonyl (C=O) groups is 1. The molecule has 0 aliphatic heterocycles. The van der Waals surface area contributed by atoms with Crippen LogP contribution in [0, 0.1) is 6.92 Å². The first-order chi connectivity index (χ1) is 12.7. The van der Waals surface area contributed by atoms with E-state index in [1.54, 1.807) is 6.20 Å². The molecule has 0 saturated carbocycles. The van der Waals surface area contributed by atoms with Gasteiger partial charge in [-0.3, -0.25) is 4.79 Å². The minimum atomic E-state index is -0.146. The van der Waals surface area contributed by atoms with Gasteiger partial charge in [0.25, 0.3) is 0 Å². The Morgan fingerprint density at radius 1 is 1.23 bits per heavy atom. The van der Waals surface area contributed by atoms with Gasteiger partial charge in [-0.1, -0.05) is 11.2 Å². The van der Waals surface area contributed by atoms with Crippen LogP contribution in [0.4, 0.5) is 5.82 Å². The summed E-state index contributed by atoms with van der Waals surface area (Å²) in [5, 5.41) is 6.75. The Labute approximate surface area is 151 Å². The third-order valence-corrected chi connectivity index (χ3v) is 3.72. The van der Waals surface area contributed by atoms with Crippen LogP contribution in [-0.4, -0.2) is 27.6 Å². The van der Waals surface area contributed by atoms with Gasteiger partial charge in [-0.2, -0.15) is 4.98 Å². The first-order valence-corrected chi connectivity index (χ1v) is 8.43. The number of carbonyl (C=O) groups excluding carboxylic acids is 1. The van der Waals surface area contributed by atoms with Gasteiger partial charge in [0.2, 0.25) is 17.6 Å². The van der Waals surface area contributed by atoms with Gasteiger partial charge < -0.3 is 14.6 Å². The average Bonchev–Trinajstić information content (AvgIpc) is 3.12. The SMILES string of the molecule is CCOc1ccc(-c2noc(CCC(=O)Nc3ncccc3C)n2)cc1. The highest BCUT2D eigenvalue weighted by Gasteiger charge is 2.12. The molecule has 0 radical (unpaired) electrons. The number of benzene rings is 1. The number of nitrogens with one attached hydrogen (secondary N) is 1. The maximum Gasteiger partial charge on any atom is 0.227 e. The molecule has 1 aromatic carbocycles. The van der Waals surface area contributed by atoms with Gasteiger partial charge >= 0.3 is 0 Å². The van der Waals surface area contributed by atoms with E-state index in [4.69, 9.17) is 9.26 Å². The molecule has 0 saturated heterocycles. The molecule has 2 heterocycles. The molecular weight excluding hydrogens is 332 g/mol. The van der Waals surface area contributed by atoms with E-state index < -0.39 is 0 Å². The van der Waals surface area contributed by atoms with E-state index in [1.165, 1.54) is 0 Å². The molecule has 1 N–H and O–H groups in total. The van der Waals surface area contributed by atoms with Crippen molar-refractivity contribution in [3.63, 3.8) is 0 Å². The third-order valence-electron chi connectivity index (χ3n) is 3.72. The summed E-state index contributed by atoms with van der Waals surface area (Å²) in [4.78, 5) is 20.5. The van der Waals surface area contributed by atoms with E-state index >= 15 is 0 Å². The second-order valence-electron chi connectivity index (χ2n) is 5.69. The quantitative estimate of drug-likeness (QED) is 0.701. The highest BCUT2D eigenvalue weighted by Crippen LogP contribution is 2.20. The van der Waals surface area contributed by atoms with Crippen molar-refractivity contribution in [1.82, 2.24) is 15.1 Å². The molecule has 0 unspecified atom stereocenters. The predicted molar refractivity (Wildman–Crippen MR) is 96.8 cm³/mol. The lowest BCUT2D eigenvalue weighted by atomic mass is 10.2. The molecule has 7 heteroatoms. The zero-order chi connectivity index (χ0) is 18.4. The van der Waals surface area contributed by atoms with Crippen molar-refractivity contribution in [3.8, 4) is 17.1 Å². The lowest BCUT2D eigenvalue weighted by Gasteiger charge is -2.05. The highest BCUT2D eigenvalue weighted by molar-refractivity contribution is 5.90. The van der Waals surface area contributed by atoms with Crippen LogP contribution in [0.15, 0.2) is 47.1 Å². The molecule has 3 rings (SSSR count). The predicted octanol–water partition coefficient (Wildman–Crippen LogP) is 3.41. The highest BCUT2D eigenvalue weighted by atomic mass is 16.5. The number of hydrogen-bond acceptors (Lipinski definition) is 6. The standard InChI is InChI=1S/C19H20N4O3/c1-3-25-15-8-6-14(7-9-15)19-22-17(26-23-19)11-10-16(24)21-18-13(2)5-4-12-20-18/h4-9,12H,3,10-11H2,1-2H3,(H,20,21,24). The van der Waals surface area contributed by atoms with E-state index in [0.717, 1.165) is 16.9 Å². The number of amides is 1. The number of nitrogens with zero attached hydrogens (tertiary/aromatic N) is 3. The Kier molecular flexibility index (Phi) is 5.58. The summed E-state index contributed by atoms with van der Waals surface area (Å²) in [5.74, 6) is 2.12. The van der Waals surface area contributed by atoms with E-state index in [1.807, 2.05) is 50.2 Å². The second kappa shape index (κ2) is 8.24. The van der Waals surface area contributed by atoms with Gasteiger partial charge in [-0.05, 0) is 49.7 Å². The van der Waals surface area contributed by atoms with E-state index in [9.17, 15) is 4.79 Å². The van der Waals surface area contributed by atoms with Crippen molar-refractivity contribution in [2.75, 3.05) is 11.9 Å². The van der Waals surface area contributed by atoms with Gasteiger partial charge in [-0.25, -0.2) is 4.98 Å². The lowest BCUT2D eigenvalue weighted by Crippen LogP contribution is -2.14. The van der Waals surface area contributed by atoms with Crippen LogP contribution < -0.4 is 10.1 Å². The number of aromatic nitrogens is 3. The summed E-state index contributed by atoms with van der Waals surface area (Å²) in [5.41, 5.74) is 1.74. The van der Waals surface area contributed by atoms with Crippen LogP contribution in [-0.2, 0) is 11.2 Å². The molecule has 0 bridgehead atoms. The van der Waals surface area contributed by atoms with Gasteiger partial charge in [0.05, 0.1) is 6.61 Å². The number of aryl methyl sites for hydroxylation is 2. The maximum atomic E-state index is 12.1. The molecule has 1 amide bonds. The van der Waals surface area contributed by atoms with Crippen LogP contribution in [0.5, 0.6) is 5.75 Å². The molecule has 0 aliphatic rings. The van der Waals surface area contributed by atoms with Crippen LogP contribution >= 0.6 is 0 Å². The Morgan fingerprint density at radius 3 is 2.77 bits per heavy atom. The van der Waals surface area contributed by atoms with E-state index in [-0.39, 0.29) is 12.3 Å². The van der Waals surface area contributed by atoms with Gasteiger partial charge in [0, 0.05) is 24.6 Å². The van der Waals surface area contributed by atoms with Crippen molar-refractivity contribution < 1.29 is 14.1 Å². The minimum Gasteiger partial charge on any atom is -0.494 e. The molecule has 0 spiro atoms. The van der Waals surface area contributed by atoms with Gasteiger partial charge in [0.15, 0.2) is 0 Å². The zero-order valence-electron chi connectivity index (χ0n) is 14.7. The summed E-state index contributed by atoms with van der Waals surface area (Å²) in [6, 6.07) is 11.2. The molecule has 0 aliphatic carbocycles. The smallest absolute Gasteiger partial charge is 0.227 e. The Balaban J connectivity index is 1.56. The molecular formula is C19H20N4O3. The molecule has 7 nitrogen and oxygen atoms in total. The topological polar surface area (TPSA) is 90.1 Å². The fourth-order valence-electron chi connectivity index (χ4n) is 2.37. The summed E-state index contributed by atoms with van der Waals surface area (Å²) in [7, 11) is 0. The van der Waals surface area contributed by atoms with Crippen molar-refractivity contribution in [2.24, 2.45) is 0 Å². The Hall–Kier alpha value is -3.22. The van der Waals surface area contributed by atoms with Crippen molar-refractivity contribution in [3.05, 3.63) is 54.0 Å². The van der Waals surface area contributed by atoms with Crippen molar-refractivity contribution in [2.45, 2.75) is 26.7 Å². The zero-order valence-corrected chi connectivity index (χ0v) is 14.7. The molecule has 134 valence electrons. The van der Waals surface area contributed by atoms with Crippen LogP contribution in [0.2, 0.25) is 0 Å². The van der Waals surface area contributed by atoms with Crippen LogP contribution in [0.25, 0.3) is 11.4 Å². The Bertz CT molecular complexity index is 875. The lowest BCUT2D eigenvalue weighted by molar-refractivity contribution is -0.116. The first-order valence-electron chi connectivity index (χ1n) is 8.43. The van der Waals surface area contributed by atoms with Crippen LogP contribution in [0.3, 0.4) is 0 Å². The molecule has 3 aromatic rings. The van der Waals surface area contributed by atoms with Crippen molar-refractivity contribution >= 4 is 11.7 Å². The van der Waals surface area contributed by atoms with E-state index in [2.05, 4.69) is 20.4 Å². The molecule has 0 atom stereocenters. The number of anilines is 1. The summed E-state index contributed by atoms with van der Waals surface area (Å²) in [6.07, 6.45) is 2.24. The Morgan fingerprint density at radius 2 is 2.04 bits per heavy atom. The fraction of sp³-hybridized carbons (Fsp3) is 0.263. The van der Waals surface area contributed by atoms with Crippen molar-refractivity contribution in [1.29, 1.82) is 0 Å². The number of pyridine rings is 1. The second-order valence-corrected chi connectivity index (χ2v) is 5.69. The molecule has 0 fully saturated rings. The van der Waals surface area contributed by atoms with Gasteiger partial charge in [0.1, 0.15) is 11.6 Å². The third kappa shape index (κ3) is 4.44. The molecule has 26 heavy (non-hydrogen) atoms. The molecule has 2 aromatic heterocycles. The van der Waals surface area contributed by atoms with Crippen LogP contribution in [0.1, 0.15) is 24.8 Å². The normalized spacial score (nSPS) is 10.5.